The van der Waals surface area contributed by atoms with Crippen LogP contribution in [0.1, 0.15) is 16.7 Å². The van der Waals surface area contributed by atoms with E-state index in [0.29, 0.717) is 17.7 Å². The van der Waals surface area contributed by atoms with Gasteiger partial charge in [-0.3, -0.25) is 4.79 Å². The molecule has 1 saturated heterocycles. The van der Waals surface area contributed by atoms with Crippen LogP contribution in [0.3, 0.4) is 0 Å². The Bertz CT molecular complexity index is 898. The summed E-state index contributed by atoms with van der Waals surface area (Å²) in [5, 5.41) is 5.39. The molecular formula is C19H17F7N2OSi. The van der Waals surface area contributed by atoms with Crippen molar-refractivity contribution in [1.29, 1.82) is 0 Å². The summed E-state index contributed by atoms with van der Waals surface area (Å²) < 4.78 is 91.7. The smallest absolute Gasteiger partial charge is 0.351 e. The second-order valence-corrected chi connectivity index (χ2v) is 9.08. The van der Waals surface area contributed by atoms with Crippen molar-refractivity contribution in [3.63, 3.8) is 0 Å². The molecule has 2 N–H and O–H groups in total. The van der Waals surface area contributed by atoms with Crippen LogP contribution in [0.2, 0.25) is 6.04 Å². The summed E-state index contributed by atoms with van der Waals surface area (Å²) in [7, 11) is -2.41. The Morgan fingerprint density at radius 2 is 1.63 bits per heavy atom. The molecule has 1 amide bonds. The molecule has 0 bridgehead atoms. The predicted molar refractivity (Wildman–Crippen MR) is 98.6 cm³/mol. The monoisotopic (exact) mass is 450 g/mol. The molecule has 2 aromatic rings. The highest BCUT2D eigenvalue weighted by atomic mass is 28.3. The normalized spacial score (nSPS) is 19.7. The van der Waals surface area contributed by atoms with Crippen molar-refractivity contribution in [3.8, 4) is 11.1 Å². The van der Waals surface area contributed by atoms with Crippen LogP contribution in [-0.4, -0.2) is 27.2 Å². The van der Waals surface area contributed by atoms with Crippen molar-refractivity contribution >= 4 is 15.0 Å². The SMILES string of the molecule is O=C(NCc1cccc(-c2cc(C(F)(F)F)cc(C(F)(F)F)c2)c1)[C@@H]1C[SiH](F)CN1. The molecule has 1 unspecified atom stereocenters. The summed E-state index contributed by atoms with van der Waals surface area (Å²) in [4.78, 5) is 12.1. The van der Waals surface area contributed by atoms with Crippen molar-refractivity contribution in [1.82, 2.24) is 10.6 Å². The number of rotatable bonds is 4. The van der Waals surface area contributed by atoms with Gasteiger partial charge in [-0.05, 0) is 47.0 Å². The van der Waals surface area contributed by atoms with Crippen molar-refractivity contribution in [3.05, 3.63) is 59.2 Å². The lowest BCUT2D eigenvalue weighted by atomic mass is 9.98. The number of hydrogen-bond donors (Lipinski definition) is 2. The molecule has 0 saturated carbocycles. The minimum absolute atomic E-state index is 0.00838. The van der Waals surface area contributed by atoms with Gasteiger partial charge in [-0.15, -0.1) is 0 Å². The maximum absolute atomic E-state index is 13.3. The first-order valence-electron chi connectivity index (χ1n) is 8.97. The fraction of sp³-hybridized carbons (Fsp3) is 0.316. The van der Waals surface area contributed by atoms with Crippen LogP contribution in [0, 0.1) is 0 Å². The van der Waals surface area contributed by atoms with Crippen LogP contribution in [0.15, 0.2) is 42.5 Å². The van der Waals surface area contributed by atoms with Gasteiger partial charge in [0.15, 0.2) is 0 Å². The zero-order valence-electron chi connectivity index (χ0n) is 15.4. The Kier molecular flexibility index (Phi) is 6.23. The second-order valence-electron chi connectivity index (χ2n) is 7.01. The highest BCUT2D eigenvalue weighted by Crippen LogP contribution is 2.38. The maximum atomic E-state index is 13.3. The van der Waals surface area contributed by atoms with Crippen molar-refractivity contribution < 1.29 is 35.2 Å². The highest BCUT2D eigenvalue weighted by Gasteiger charge is 2.37. The van der Waals surface area contributed by atoms with Gasteiger partial charge in [0.25, 0.3) is 0 Å². The molecule has 1 fully saturated rings. The summed E-state index contributed by atoms with van der Waals surface area (Å²) in [5.74, 6) is -0.397. The Morgan fingerprint density at radius 3 is 2.17 bits per heavy atom. The van der Waals surface area contributed by atoms with E-state index in [4.69, 9.17) is 0 Å². The van der Waals surface area contributed by atoms with Gasteiger partial charge in [0, 0.05) is 12.7 Å². The topological polar surface area (TPSA) is 41.1 Å². The summed E-state index contributed by atoms with van der Waals surface area (Å²) in [6, 6.07) is 6.79. The molecule has 1 heterocycles. The molecule has 3 nitrogen and oxygen atoms in total. The lowest BCUT2D eigenvalue weighted by Crippen LogP contribution is -2.39. The minimum atomic E-state index is -4.94. The van der Waals surface area contributed by atoms with E-state index in [2.05, 4.69) is 10.6 Å². The first kappa shape index (κ1) is 22.3. The molecule has 11 heteroatoms. The Morgan fingerprint density at radius 1 is 1.00 bits per heavy atom. The van der Waals surface area contributed by atoms with Crippen LogP contribution in [0.4, 0.5) is 30.5 Å². The highest BCUT2D eigenvalue weighted by molar-refractivity contribution is 6.53. The third-order valence-electron chi connectivity index (χ3n) is 4.71. The molecule has 0 radical (unpaired) electrons. The molecular weight excluding hydrogens is 433 g/mol. The lowest BCUT2D eigenvalue weighted by Gasteiger charge is -2.15. The van der Waals surface area contributed by atoms with Crippen LogP contribution in [0.25, 0.3) is 11.1 Å². The molecule has 3 rings (SSSR count). The van der Waals surface area contributed by atoms with Crippen LogP contribution >= 0.6 is 0 Å². The summed E-state index contributed by atoms with van der Waals surface area (Å²) >= 11 is 0. The van der Waals surface area contributed by atoms with Crippen molar-refractivity contribution in [2.24, 2.45) is 0 Å². The van der Waals surface area contributed by atoms with Gasteiger partial charge >= 0.3 is 12.4 Å². The van der Waals surface area contributed by atoms with Crippen molar-refractivity contribution in [2.75, 3.05) is 6.17 Å². The van der Waals surface area contributed by atoms with Gasteiger partial charge in [-0.25, -0.2) is 0 Å². The molecule has 0 aromatic heterocycles. The maximum Gasteiger partial charge on any atom is 0.416 e. The van der Waals surface area contributed by atoms with Gasteiger partial charge in [-0.1, -0.05) is 18.2 Å². The van der Waals surface area contributed by atoms with Crippen LogP contribution < -0.4 is 10.6 Å². The van der Waals surface area contributed by atoms with E-state index in [0.717, 1.165) is 0 Å². The average Bonchev–Trinajstić information content (AvgIpc) is 3.11. The van der Waals surface area contributed by atoms with E-state index in [-0.39, 0.29) is 36.0 Å². The summed E-state index contributed by atoms with van der Waals surface area (Å²) in [6.45, 7) is 0.00838. The lowest BCUT2D eigenvalue weighted by molar-refractivity contribution is -0.143. The third kappa shape index (κ3) is 5.39. The van der Waals surface area contributed by atoms with E-state index in [1.54, 1.807) is 6.07 Å². The Balaban J connectivity index is 1.83. The van der Waals surface area contributed by atoms with E-state index in [1.165, 1.54) is 18.2 Å². The van der Waals surface area contributed by atoms with Crippen LogP contribution in [0.5, 0.6) is 0 Å². The standard InChI is InChI=1S/C19H17F7N2OSi/c20-18(21,22)14-5-13(6-15(7-14)19(23,24)25)12-3-1-2-11(4-12)8-27-17(29)16-9-30(26)10-28-16/h1-7,16,28,30H,8-10H2,(H,27,29)/t16-,30?/m0/s1. The molecule has 2 atom stereocenters. The Labute approximate surface area is 169 Å². The molecule has 2 aromatic carbocycles. The molecule has 162 valence electrons. The zero-order chi connectivity index (χ0) is 22.1. The average molecular weight is 450 g/mol. The number of nitrogens with one attached hydrogen (secondary N) is 2. The number of alkyl halides is 6. The molecule has 30 heavy (non-hydrogen) atoms. The largest absolute Gasteiger partial charge is 0.416 e. The molecule has 0 spiro atoms. The van der Waals surface area contributed by atoms with Gasteiger partial charge in [-0.2, -0.15) is 26.3 Å². The number of halogens is 7. The van der Waals surface area contributed by atoms with Crippen molar-refractivity contribution in [2.45, 2.75) is 31.0 Å². The molecule has 1 aliphatic rings. The number of benzene rings is 2. The predicted octanol–water partition coefficient (Wildman–Crippen LogP) is 4.21. The van der Waals surface area contributed by atoms with E-state index < -0.39 is 44.6 Å². The van der Waals surface area contributed by atoms with E-state index in [1.807, 2.05) is 0 Å². The fourth-order valence-corrected chi connectivity index (χ4v) is 4.79. The van der Waals surface area contributed by atoms with Gasteiger partial charge in [0.2, 0.25) is 15.0 Å². The van der Waals surface area contributed by atoms with Gasteiger partial charge < -0.3 is 14.7 Å². The number of amides is 1. The zero-order valence-corrected chi connectivity index (χ0v) is 16.5. The second kappa shape index (κ2) is 8.38. The first-order valence-corrected chi connectivity index (χ1v) is 11.0. The summed E-state index contributed by atoms with van der Waals surface area (Å²) in [6.07, 6.45) is -9.66. The Hall–Kier alpha value is -2.40. The van der Waals surface area contributed by atoms with Crippen LogP contribution in [-0.2, 0) is 23.7 Å². The molecule has 1 aliphatic heterocycles. The quantitative estimate of drug-likeness (QED) is 0.416. The fourth-order valence-electron chi connectivity index (χ4n) is 3.19. The minimum Gasteiger partial charge on any atom is -0.351 e. The van der Waals surface area contributed by atoms with Gasteiger partial charge in [0.1, 0.15) is 0 Å². The van der Waals surface area contributed by atoms with E-state index in [9.17, 15) is 35.2 Å². The third-order valence-corrected chi connectivity index (χ3v) is 6.37. The number of carbonyl (C=O) groups is 1. The molecule has 0 aliphatic carbocycles. The van der Waals surface area contributed by atoms with Gasteiger partial charge in [0.05, 0.1) is 17.2 Å². The first-order chi connectivity index (χ1) is 13.9. The number of carbonyl (C=O) groups excluding carboxylic acids is 1. The number of hydrogen-bond acceptors (Lipinski definition) is 2. The van der Waals surface area contributed by atoms with E-state index >= 15 is 0 Å². The summed E-state index contributed by atoms with van der Waals surface area (Å²) in [5.41, 5.74) is -2.41.